The number of carbonyl (C=O) groups excluding carboxylic acids is 2. The van der Waals surface area contributed by atoms with Crippen molar-refractivity contribution in [1.82, 2.24) is 20.1 Å². The molecule has 3 heterocycles. The first kappa shape index (κ1) is 20.7. The maximum Gasteiger partial charge on any atom is 0.306 e. The molecule has 0 aliphatic heterocycles. The van der Waals surface area contributed by atoms with Gasteiger partial charge in [0, 0.05) is 18.8 Å². The Morgan fingerprint density at radius 1 is 1.24 bits per heavy atom. The summed E-state index contributed by atoms with van der Waals surface area (Å²) in [5.74, 6) is -0.438. The summed E-state index contributed by atoms with van der Waals surface area (Å²) in [5.41, 5.74) is 1.15. The fourth-order valence-corrected chi connectivity index (χ4v) is 2.58. The van der Waals surface area contributed by atoms with E-state index in [0.29, 0.717) is 22.1 Å². The molecule has 3 aromatic heterocycles. The predicted octanol–water partition coefficient (Wildman–Crippen LogP) is 3.26. The highest BCUT2D eigenvalue weighted by Crippen LogP contribution is 2.28. The molecule has 0 aromatic carbocycles. The van der Waals surface area contributed by atoms with Gasteiger partial charge in [-0.05, 0) is 24.6 Å². The molecule has 0 saturated heterocycles. The van der Waals surface area contributed by atoms with Crippen molar-refractivity contribution in [2.75, 3.05) is 11.9 Å². The van der Waals surface area contributed by atoms with Crippen molar-refractivity contribution < 1.29 is 18.8 Å². The number of hydrogen-bond acceptors (Lipinski definition) is 8. The van der Waals surface area contributed by atoms with Crippen molar-refractivity contribution in [3.05, 3.63) is 52.1 Å². The third-order valence-corrected chi connectivity index (χ3v) is 4.57. The Kier molecular flexibility index (Phi) is 6.73. The second-order valence-corrected chi connectivity index (χ2v) is 6.61. The van der Waals surface area contributed by atoms with Gasteiger partial charge in [0.05, 0.1) is 16.5 Å². The van der Waals surface area contributed by atoms with Crippen LogP contribution in [0.15, 0.2) is 35.1 Å². The number of anilines is 1. The quantitative estimate of drug-likeness (QED) is 0.561. The van der Waals surface area contributed by atoms with E-state index in [0.717, 1.165) is 0 Å². The summed E-state index contributed by atoms with van der Waals surface area (Å²) in [7, 11) is 0. The second kappa shape index (κ2) is 9.44. The van der Waals surface area contributed by atoms with E-state index < -0.39 is 18.5 Å². The maximum atomic E-state index is 11.9. The molecule has 0 spiro atoms. The maximum absolute atomic E-state index is 11.9. The predicted molar refractivity (Wildman–Crippen MR) is 104 cm³/mol. The number of aromatic nitrogens is 4. The van der Waals surface area contributed by atoms with Crippen LogP contribution in [-0.4, -0.2) is 38.6 Å². The summed E-state index contributed by atoms with van der Waals surface area (Å²) in [4.78, 5) is 36.0. The molecule has 0 aliphatic carbocycles. The van der Waals surface area contributed by atoms with E-state index in [1.807, 2.05) is 0 Å². The van der Waals surface area contributed by atoms with Gasteiger partial charge in [-0.15, -0.1) is 0 Å². The van der Waals surface area contributed by atoms with Gasteiger partial charge in [-0.25, -0.2) is 4.98 Å². The smallest absolute Gasteiger partial charge is 0.306 e. The fourth-order valence-electron chi connectivity index (χ4n) is 2.20. The normalized spacial score (nSPS) is 10.6. The summed E-state index contributed by atoms with van der Waals surface area (Å²) in [5, 5.41) is 6.88. The molecule has 29 heavy (non-hydrogen) atoms. The lowest BCUT2D eigenvalue weighted by Gasteiger charge is -2.09. The van der Waals surface area contributed by atoms with Gasteiger partial charge in [0.25, 0.3) is 5.91 Å². The number of carbonyl (C=O) groups is 2. The molecule has 0 saturated carbocycles. The zero-order valence-corrected chi connectivity index (χ0v) is 16.7. The minimum absolute atomic E-state index is 0.0316. The Morgan fingerprint density at radius 2 is 2.07 bits per heavy atom. The van der Waals surface area contributed by atoms with Crippen LogP contribution in [0.2, 0.25) is 10.0 Å². The van der Waals surface area contributed by atoms with Crippen molar-refractivity contribution in [3.63, 3.8) is 0 Å². The van der Waals surface area contributed by atoms with Gasteiger partial charge in [0.1, 0.15) is 5.69 Å². The largest absolute Gasteiger partial charge is 0.456 e. The summed E-state index contributed by atoms with van der Waals surface area (Å²) >= 11 is 12.0. The Bertz CT molecular complexity index is 1030. The molecule has 150 valence electrons. The number of halogens is 2. The molecular weight excluding hydrogens is 421 g/mol. The third kappa shape index (κ3) is 5.49. The first-order valence-corrected chi connectivity index (χ1v) is 9.19. The van der Waals surface area contributed by atoms with Crippen LogP contribution in [0.1, 0.15) is 17.9 Å². The van der Waals surface area contributed by atoms with Gasteiger partial charge in [-0.1, -0.05) is 34.4 Å². The van der Waals surface area contributed by atoms with Gasteiger partial charge in [-0.3, -0.25) is 14.6 Å². The first-order chi connectivity index (χ1) is 13.9. The monoisotopic (exact) mass is 435 g/mol. The molecule has 1 N–H and O–H groups in total. The summed E-state index contributed by atoms with van der Waals surface area (Å²) in [6, 6.07) is 5.31. The molecule has 0 radical (unpaired) electrons. The molecular formula is C18H15Cl2N5O4. The Hall–Kier alpha value is -3.04. The van der Waals surface area contributed by atoms with E-state index >= 15 is 0 Å². The molecule has 0 bridgehead atoms. The lowest BCUT2D eigenvalue weighted by Crippen LogP contribution is -2.22. The van der Waals surface area contributed by atoms with E-state index in [-0.39, 0.29) is 29.6 Å². The molecule has 3 aromatic rings. The van der Waals surface area contributed by atoms with E-state index in [4.69, 9.17) is 32.5 Å². The lowest BCUT2D eigenvalue weighted by atomic mass is 10.3. The SMILES string of the molecule is Cc1c(Cl)cnc(NC(=O)COC(=O)CCc2nc(-c3ccccn3)no2)c1Cl. The van der Waals surface area contributed by atoms with Crippen LogP contribution < -0.4 is 5.32 Å². The topological polar surface area (TPSA) is 120 Å². The number of esters is 1. The van der Waals surface area contributed by atoms with Crippen LogP contribution in [-0.2, 0) is 20.7 Å². The van der Waals surface area contributed by atoms with Crippen molar-refractivity contribution in [2.45, 2.75) is 19.8 Å². The molecule has 0 atom stereocenters. The zero-order valence-electron chi connectivity index (χ0n) is 15.2. The number of amides is 1. The molecule has 11 heteroatoms. The highest BCUT2D eigenvalue weighted by atomic mass is 35.5. The van der Waals surface area contributed by atoms with Gasteiger partial charge < -0.3 is 14.6 Å². The Balaban J connectivity index is 1.45. The van der Waals surface area contributed by atoms with Crippen LogP contribution in [0.4, 0.5) is 5.82 Å². The van der Waals surface area contributed by atoms with Gasteiger partial charge >= 0.3 is 5.97 Å². The van der Waals surface area contributed by atoms with Crippen LogP contribution in [0, 0.1) is 6.92 Å². The second-order valence-electron chi connectivity index (χ2n) is 5.83. The number of pyridine rings is 2. The summed E-state index contributed by atoms with van der Waals surface area (Å²) in [6.07, 6.45) is 3.12. The van der Waals surface area contributed by atoms with Gasteiger partial charge in [-0.2, -0.15) is 4.98 Å². The third-order valence-electron chi connectivity index (χ3n) is 3.73. The van der Waals surface area contributed by atoms with Crippen molar-refractivity contribution >= 4 is 40.9 Å². The number of ether oxygens (including phenoxy) is 1. The highest BCUT2D eigenvalue weighted by Gasteiger charge is 2.15. The number of nitrogens with zero attached hydrogens (tertiary/aromatic N) is 4. The van der Waals surface area contributed by atoms with E-state index in [2.05, 4.69) is 25.4 Å². The molecule has 0 aliphatic rings. The van der Waals surface area contributed by atoms with Gasteiger partial charge in [0.2, 0.25) is 11.7 Å². The average Bonchev–Trinajstić information content (AvgIpc) is 3.21. The number of nitrogens with one attached hydrogen (secondary N) is 1. The van der Waals surface area contributed by atoms with E-state index in [9.17, 15) is 9.59 Å². The molecule has 0 unspecified atom stereocenters. The van der Waals surface area contributed by atoms with Crippen LogP contribution in [0.25, 0.3) is 11.5 Å². The molecule has 3 rings (SSSR count). The molecule has 1 amide bonds. The molecule has 9 nitrogen and oxygen atoms in total. The average molecular weight is 436 g/mol. The lowest BCUT2D eigenvalue weighted by molar-refractivity contribution is -0.147. The number of hydrogen-bond donors (Lipinski definition) is 1. The van der Waals surface area contributed by atoms with Crippen LogP contribution in [0.5, 0.6) is 0 Å². The first-order valence-electron chi connectivity index (χ1n) is 8.44. The number of aryl methyl sites for hydroxylation is 1. The van der Waals surface area contributed by atoms with Gasteiger partial charge in [0.15, 0.2) is 12.4 Å². The Labute approximate surface area is 175 Å². The van der Waals surface area contributed by atoms with Crippen molar-refractivity contribution in [1.29, 1.82) is 0 Å². The number of rotatable bonds is 7. The minimum atomic E-state index is -0.593. The standard InChI is InChI=1S/C18H15Cl2N5O4/c1-10-11(19)8-22-18(16(10)20)23-13(26)9-28-15(27)6-5-14-24-17(25-29-14)12-4-2-3-7-21-12/h2-4,7-8H,5-6,9H2,1H3,(H,22,23,26). The van der Waals surface area contributed by atoms with Crippen molar-refractivity contribution in [2.24, 2.45) is 0 Å². The fraction of sp³-hybridized carbons (Fsp3) is 0.222. The Morgan fingerprint density at radius 3 is 2.83 bits per heavy atom. The summed E-state index contributed by atoms with van der Waals surface area (Å²) < 4.78 is 10.0. The molecule has 0 fully saturated rings. The van der Waals surface area contributed by atoms with E-state index in [1.165, 1.54) is 6.20 Å². The zero-order chi connectivity index (χ0) is 20.8. The van der Waals surface area contributed by atoms with Crippen molar-refractivity contribution in [3.8, 4) is 11.5 Å². The highest BCUT2D eigenvalue weighted by molar-refractivity contribution is 6.37. The van der Waals surface area contributed by atoms with Crippen LogP contribution in [0.3, 0.4) is 0 Å². The summed E-state index contributed by atoms with van der Waals surface area (Å²) in [6.45, 7) is 1.21. The minimum Gasteiger partial charge on any atom is -0.456 e. The van der Waals surface area contributed by atoms with E-state index in [1.54, 1.807) is 31.3 Å². The van der Waals surface area contributed by atoms with Crippen LogP contribution >= 0.6 is 23.2 Å².